The predicted molar refractivity (Wildman–Crippen MR) is 87.6 cm³/mol. The van der Waals surface area contributed by atoms with Crippen molar-refractivity contribution in [3.63, 3.8) is 0 Å². The van der Waals surface area contributed by atoms with Gasteiger partial charge in [-0.1, -0.05) is 0 Å². The lowest BCUT2D eigenvalue weighted by Gasteiger charge is -2.24. The van der Waals surface area contributed by atoms with Gasteiger partial charge in [-0.25, -0.2) is 14.8 Å². The summed E-state index contributed by atoms with van der Waals surface area (Å²) in [5.74, 6) is 1.09. The lowest BCUT2D eigenvalue weighted by molar-refractivity contribution is 0.0293. The number of hydrogen-bond donors (Lipinski definition) is 1. The van der Waals surface area contributed by atoms with Crippen molar-refractivity contribution in [2.24, 2.45) is 0 Å². The number of carbonyl (C=O) groups is 1. The smallest absolute Gasteiger partial charge is 0.410 e. The van der Waals surface area contributed by atoms with Crippen LogP contribution in [0.2, 0.25) is 0 Å². The number of nitrogens with one attached hydrogen (secondary N) is 1. The Kier molecular flexibility index (Phi) is 5.28. The van der Waals surface area contributed by atoms with Crippen LogP contribution in [0.15, 0.2) is 12.4 Å². The number of hydrogen-bond acceptors (Lipinski definition) is 6. The van der Waals surface area contributed by atoms with Crippen molar-refractivity contribution in [3.8, 4) is 5.88 Å². The molecule has 23 heavy (non-hydrogen) atoms. The molecule has 0 bridgehead atoms. The van der Waals surface area contributed by atoms with Gasteiger partial charge in [0.15, 0.2) is 5.82 Å². The molecule has 1 aromatic rings. The summed E-state index contributed by atoms with van der Waals surface area (Å²) in [6, 6.07) is 0.105. The van der Waals surface area contributed by atoms with Crippen LogP contribution in [0.4, 0.5) is 10.6 Å². The van der Waals surface area contributed by atoms with Gasteiger partial charge >= 0.3 is 6.09 Å². The van der Waals surface area contributed by atoms with Gasteiger partial charge in [0, 0.05) is 31.5 Å². The van der Waals surface area contributed by atoms with Crippen molar-refractivity contribution < 1.29 is 14.3 Å². The van der Waals surface area contributed by atoms with E-state index in [4.69, 9.17) is 9.47 Å². The second-order valence-corrected chi connectivity index (χ2v) is 6.93. The zero-order valence-corrected chi connectivity index (χ0v) is 14.5. The second kappa shape index (κ2) is 7.02. The fourth-order valence-corrected chi connectivity index (χ4v) is 2.30. The Balaban J connectivity index is 1.95. The van der Waals surface area contributed by atoms with Crippen molar-refractivity contribution in [2.75, 3.05) is 18.4 Å². The molecular formula is C16H26N4O3. The quantitative estimate of drug-likeness (QED) is 0.918. The molecule has 1 aromatic heterocycles. The second-order valence-electron chi connectivity index (χ2n) is 6.93. The summed E-state index contributed by atoms with van der Waals surface area (Å²) >= 11 is 0. The third-order valence-corrected chi connectivity index (χ3v) is 3.19. The van der Waals surface area contributed by atoms with Crippen LogP contribution in [0.5, 0.6) is 5.88 Å². The number of carbonyl (C=O) groups excluding carboxylic acids is 1. The van der Waals surface area contributed by atoms with E-state index in [1.807, 2.05) is 34.6 Å². The third-order valence-electron chi connectivity index (χ3n) is 3.19. The number of anilines is 1. The predicted octanol–water partition coefficient (Wildman–Crippen LogP) is 2.69. The zero-order chi connectivity index (χ0) is 17.0. The Bertz CT molecular complexity index is 542. The van der Waals surface area contributed by atoms with Crippen LogP contribution in [-0.4, -0.2) is 51.8 Å². The van der Waals surface area contributed by atoms with Gasteiger partial charge in [-0.05, 0) is 41.0 Å². The minimum Gasteiger partial charge on any atom is -0.472 e. The maximum Gasteiger partial charge on any atom is 0.410 e. The number of ether oxygens (including phenoxy) is 2. The first kappa shape index (κ1) is 17.3. The van der Waals surface area contributed by atoms with E-state index in [0.29, 0.717) is 24.8 Å². The molecule has 0 saturated carbocycles. The molecule has 128 valence electrons. The molecule has 1 unspecified atom stereocenters. The standard InChI is InChI=1S/C16H26N4O3/c1-11(2)22-14-13(17-7-8-18-14)19-12-6-9-20(10-12)15(21)23-16(3,4)5/h7-8,11-12H,6,9-10H2,1-5H3,(H,17,19). The monoisotopic (exact) mass is 322 g/mol. The molecular weight excluding hydrogens is 296 g/mol. The fourth-order valence-electron chi connectivity index (χ4n) is 2.30. The number of amides is 1. The number of aromatic nitrogens is 2. The van der Waals surface area contributed by atoms with Crippen LogP contribution in [-0.2, 0) is 4.74 Å². The number of likely N-dealkylation sites (tertiary alicyclic amines) is 1. The molecule has 0 aliphatic carbocycles. The Morgan fingerprint density at radius 3 is 2.70 bits per heavy atom. The molecule has 0 spiro atoms. The average molecular weight is 322 g/mol. The van der Waals surface area contributed by atoms with E-state index in [-0.39, 0.29) is 18.2 Å². The maximum atomic E-state index is 12.1. The minimum absolute atomic E-state index is 0.0223. The maximum absolute atomic E-state index is 12.1. The Morgan fingerprint density at radius 2 is 2.04 bits per heavy atom. The first-order chi connectivity index (χ1) is 10.7. The van der Waals surface area contributed by atoms with Gasteiger partial charge < -0.3 is 19.7 Å². The van der Waals surface area contributed by atoms with Gasteiger partial charge in [0.05, 0.1) is 6.10 Å². The Morgan fingerprint density at radius 1 is 1.35 bits per heavy atom. The average Bonchev–Trinajstić information content (AvgIpc) is 2.87. The van der Waals surface area contributed by atoms with E-state index in [9.17, 15) is 4.79 Å². The van der Waals surface area contributed by atoms with Crippen LogP contribution in [0.1, 0.15) is 41.0 Å². The summed E-state index contributed by atoms with van der Waals surface area (Å²) in [6.07, 6.45) is 3.80. The minimum atomic E-state index is -0.480. The fraction of sp³-hybridized carbons (Fsp3) is 0.688. The molecule has 1 aliphatic rings. The largest absolute Gasteiger partial charge is 0.472 e. The van der Waals surface area contributed by atoms with Gasteiger partial charge in [-0.15, -0.1) is 0 Å². The summed E-state index contributed by atoms with van der Waals surface area (Å²) in [7, 11) is 0. The molecule has 1 atom stereocenters. The highest BCUT2D eigenvalue weighted by Gasteiger charge is 2.30. The van der Waals surface area contributed by atoms with Crippen molar-refractivity contribution in [1.82, 2.24) is 14.9 Å². The normalized spacial score (nSPS) is 18.2. The van der Waals surface area contributed by atoms with Gasteiger partial charge in [-0.2, -0.15) is 0 Å². The summed E-state index contributed by atoms with van der Waals surface area (Å²) in [4.78, 5) is 22.3. The van der Waals surface area contributed by atoms with Gasteiger partial charge in [0.25, 0.3) is 5.88 Å². The van der Waals surface area contributed by atoms with E-state index in [1.165, 1.54) is 0 Å². The van der Waals surface area contributed by atoms with E-state index < -0.39 is 5.60 Å². The number of rotatable bonds is 4. The molecule has 7 nitrogen and oxygen atoms in total. The third kappa shape index (κ3) is 5.26. The van der Waals surface area contributed by atoms with Crippen LogP contribution < -0.4 is 10.1 Å². The van der Waals surface area contributed by atoms with E-state index in [2.05, 4.69) is 15.3 Å². The molecule has 1 amide bonds. The lowest BCUT2D eigenvalue weighted by Crippen LogP contribution is -2.36. The molecule has 1 N–H and O–H groups in total. The van der Waals surface area contributed by atoms with Crippen LogP contribution in [0.3, 0.4) is 0 Å². The first-order valence-corrected chi connectivity index (χ1v) is 7.97. The topological polar surface area (TPSA) is 76.6 Å². The van der Waals surface area contributed by atoms with Crippen molar-refractivity contribution in [2.45, 2.75) is 58.8 Å². The summed E-state index contributed by atoms with van der Waals surface area (Å²) in [5, 5.41) is 3.31. The molecule has 1 fully saturated rings. The zero-order valence-electron chi connectivity index (χ0n) is 14.5. The molecule has 7 heteroatoms. The lowest BCUT2D eigenvalue weighted by atomic mass is 10.2. The van der Waals surface area contributed by atoms with E-state index >= 15 is 0 Å². The molecule has 1 saturated heterocycles. The van der Waals surface area contributed by atoms with Gasteiger partial charge in [0.2, 0.25) is 0 Å². The Hall–Kier alpha value is -2.05. The first-order valence-electron chi connectivity index (χ1n) is 7.97. The molecule has 1 aliphatic heterocycles. The Labute approximate surface area is 137 Å². The van der Waals surface area contributed by atoms with Crippen molar-refractivity contribution in [3.05, 3.63) is 12.4 Å². The van der Waals surface area contributed by atoms with E-state index in [0.717, 1.165) is 6.42 Å². The highest BCUT2D eigenvalue weighted by molar-refractivity contribution is 5.68. The molecule has 0 radical (unpaired) electrons. The highest BCUT2D eigenvalue weighted by atomic mass is 16.6. The van der Waals surface area contributed by atoms with Crippen molar-refractivity contribution >= 4 is 11.9 Å². The molecule has 0 aromatic carbocycles. The summed E-state index contributed by atoms with van der Waals surface area (Å²) in [6.45, 7) is 10.7. The van der Waals surface area contributed by atoms with Gasteiger partial charge in [-0.3, -0.25) is 0 Å². The summed E-state index contributed by atoms with van der Waals surface area (Å²) in [5.41, 5.74) is -0.480. The van der Waals surface area contributed by atoms with Crippen molar-refractivity contribution in [1.29, 1.82) is 0 Å². The highest BCUT2D eigenvalue weighted by Crippen LogP contribution is 2.23. The SMILES string of the molecule is CC(C)Oc1nccnc1NC1CCN(C(=O)OC(C)(C)C)C1. The molecule has 2 rings (SSSR count). The molecule has 2 heterocycles. The van der Waals surface area contributed by atoms with Crippen LogP contribution in [0, 0.1) is 0 Å². The number of nitrogens with zero attached hydrogens (tertiary/aromatic N) is 3. The van der Waals surface area contributed by atoms with Crippen LogP contribution in [0.25, 0.3) is 0 Å². The summed E-state index contributed by atoms with van der Waals surface area (Å²) < 4.78 is 11.1. The van der Waals surface area contributed by atoms with Gasteiger partial charge in [0.1, 0.15) is 5.60 Å². The van der Waals surface area contributed by atoms with E-state index in [1.54, 1.807) is 17.3 Å². The van der Waals surface area contributed by atoms with Crippen LogP contribution >= 0.6 is 0 Å².